The molecule has 0 amide bonds. The van der Waals surface area contributed by atoms with Crippen LogP contribution in [0.3, 0.4) is 0 Å². The van der Waals surface area contributed by atoms with Crippen molar-refractivity contribution in [1.29, 1.82) is 0 Å². The molecule has 6 heteroatoms. The van der Waals surface area contributed by atoms with Crippen molar-refractivity contribution in [3.05, 3.63) is 66.2 Å². The molecule has 0 N–H and O–H groups in total. The van der Waals surface area contributed by atoms with E-state index in [1.54, 1.807) is 30.3 Å². The second kappa shape index (κ2) is 9.51. The minimum absolute atomic E-state index is 0.0459. The Labute approximate surface area is 128 Å². The molecule has 0 unspecified atom stereocenters. The van der Waals surface area contributed by atoms with E-state index in [2.05, 4.69) is 9.78 Å². The van der Waals surface area contributed by atoms with E-state index in [0.29, 0.717) is 11.3 Å². The van der Waals surface area contributed by atoms with Crippen molar-refractivity contribution in [3.63, 3.8) is 0 Å². The third-order valence-corrected chi connectivity index (χ3v) is 2.49. The Balaban J connectivity index is 1.47. The Hall–Kier alpha value is -2.41. The summed E-state index contributed by atoms with van der Waals surface area (Å²) in [6.07, 6.45) is 0. The number of carbonyl (C=O) groups is 1. The van der Waals surface area contributed by atoms with E-state index >= 15 is 0 Å². The molecule has 116 valence electrons. The van der Waals surface area contributed by atoms with Gasteiger partial charge in [0.2, 0.25) is 0 Å². The highest BCUT2D eigenvalue weighted by atomic mass is 17.2. The summed E-state index contributed by atoms with van der Waals surface area (Å²) in [5.41, 5.74) is 0.398. The molecule has 6 nitrogen and oxygen atoms in total. The van der Waals surface area contributed by atoms with Crippen LogP contribution in [-0.4, -0.2) is 26.3 Å². The van der Waals surface area contributed by atoms with Gasteiger partial charge in [0.25, 0.3) is 0 Å². The molecule has 2 rings (SSSR count). The first-order valence-corrected chi connectivity index (χ1v) is 6.58. The molecule has 0 aromatic heterocycles. The van der Waals surface area contributed by atoms with Crippen molar-refractivity contribution in [3.8, 4) is 5.75 Å². The molecule has 0 saturated heterocycles. The molecule has 0 bridgehead atoms. The van der Waals surface area contributed by atoms with Crippen molar-refractivity contribution in [2.45, 2.75) is 0 Å². The van der Waals surface area contributed by atoms with Crippen LogP contribution < -0.4 is 4.74 Å². The molecule has 2 aromatic carbocycles. The maximum atomic E-state index is 11.5. The van der Waals surface area contributed by atoms with Gasteiger partial charge in [-0.3, -0.25) is 4.89 Å². The van der Waals surface area contributed by atoms with Crippen molar-refractivity contribution >= 4 is 5.97 Å². The highest BCUT2D eigenvalue weighted by Crippen LogP contribution is 2.07. The van der Waals surface area contributed by atoms with E-state index < -0.39 is 5.97 Å². The van der Waals surface area contributed by atoms with Crippen LogP contribution in [0.5, 0.6) is 5.75 Å². The predicted octanol–water partition coefficient (Wildman–Crippen LogP) is 2.76. The van der Waals surface area contributed by atoms with Crippen molar-refractivity contribution in [1.82, 2.24) is 0 Å². The summed E-state index contributed by atoms with van der Waals surface area (Å²) in [6.45, 7) is -0.229. The Bertz CT molecular complexity index is 543. The summed E-state index contributed by atoms with van der Waals surface area (Å²) >= 11 is 0. The van der Waals surface area contributed by atoms with Crippen LogP contribution in [0.1, 0.15) is 10.4 Å². The van der Waals surface area contributed by atoms with Crippen LogP contribution in [0, 0.1) is 0 Å². The number of benzene rings is 2. The summed E-state index contributed by atoms with van der Waals surface area (Å²) in [5.74, 6) is 0.119. The van der Waals surface area contributed by atoms with E-state index in [0.717, 1.165) is 0 Å². The van der Waals surface area contributed by atoms with Gasteiger partial charge in [0.15, 0.2) is 20.4 Å². The van der Waals surface area contributed by atoms with Gasteiger partial charge < -0.3 is 14.2 Å². The van der Waals surface area contributed by atoms with Gasteiger partial charge in [0.05, 0.1) is 5.56 Å². The van der Waals surface area contributed by atoms with Crippen LogP contribution in [0.25, 0.3) is 0 Å². The van der Waals surface area contributed by atoms with Crippen molar-refractivity contribution in [2.75, 3.05) is 20.4 Å². The van der Waals surface area contributed by atoms with Crippen LogP contribution in [0.4, 0.5) is 0 Å². The summed E-state index contributed by atoms with van der Waals surface area (Å²) in [5, 5.41) is 0. The van der Waals surface area contributed by atoms with E-state index in [1.807, 2.05) is 30.3 Å². The second-order valence-corrected chi connectivity index (χ2v) is 4.07. The molecule has 0 atom stereocenters. The molecule has 0 radical (unpaired) electrons. The number of ether oxygens (including phenoxy) is 3. The molecule has 0 aliphatic carbocycles. The van der Waals surface area contributed by atoms with Crippen LogP contribution in [0.15, 0.2) is 60.7 Å². The third kappa shape index (κ3) is 5.92. The van der Waals surface area contributed by atoms with Crippen LogP contribution in [-0.2, 0) is 19.2 Å². The Kier molecular flexibility index (Phi) is 6.90. The van der Waals surface area contributed by atoms with E-state index in [4.69, 9.17) is 14.2 Å². The van der Waals surface area contributed by atoms with Gasteiger partial charge in [-0.2, -0.15) is 4.89 Å². The fourth-order valence-electron chi connectivity index (χ4n) is 1.49. The smallest absolute Gasteiger partial charge is 0.373 e. The first-order chi connectivity index (χ1) is 10.9. The van der Waals surface area contributed by atoms with E-state index in [-0.39, 0.29) is 20.4 Å². The average Bonchev–Trinajstić information content (AvgIpc) is 2.59. The molecule has 2 aromatic rings. The summed E-state index contributed by atoms with van der Waals surface area (Å²) < 4.78 is 15.3. The van der Waals surface area contributed by atoms with Gasteiger partial charge in [0, 0.05) is 0 Å². The van der Waals surface area contributed by atoms with Crippen LogP contribution >= 0.6 is 0 Å². The van der Waals surface area contributed by atoms with Crippen molar-refractivity contribution in [2.24, 2.45) is 0 Å². The molecule has 0 heterocycles. The minimum atomic E-state index is -0.586. The van der Waals surface area contributed by atoms with E-state index in [1.165, 1.54) is 0 Å². The lowest BCUT2D eigenvalue weighted by molar-refractivity contribution is -0.305. The highest BCUT2D eigenvalue weighted by Gasteiger charge is 2.06. The fraction of sp³-hybridized carbons (Fsp3) is 0.188. The first kappa shape index (κ1) is 16.0. The van der Waals surface area contributed by atoms with Crippen molar-refractivity contribution < 1.29 is 28.8 Å². The summed E-state index contributed by atoms with van der Waals surface area (Å²) in [6, 6.07) is 17.8. The lowest BCUT2D eigenvalue weighted by Crippen LogP contribution is -2.11. The molecular formula is C16H16O6. The summed E-state index contributed by atoms with van der Waals surface area (Å²) in [4.78, 5) is 20.7. The lowest BCUT2D eigenvalue weighted by Gasteiger charge is -2.07. The average molecular weight is 304 g/mol. The SMILES string of the molecule is O=C(OOCOCOCOc1ccccc1)c1ccccc1. The van der Waals surface area contributed by atoms with Gasteiger partial charge in [-0.25, -0.2) is 4.79 Å². The number of hydrogen-bond acceptors (Lipinski definition) is 6. The maximum absolute atomic E-state index is 11.5. The second-order valence-electron chi connectivity index (χ2n) is 4.07. The Morgan fingerprint density at radius 3 is 2.14 bits per heavy atom. The molecule has 0 aliphatic heterocycles. The molecule has 0 aliphatic rings. The minimum Gasteiger partial charge on any atom is -0.467 e. The zero-order valence-electron chi connectivity index (χ0n) is 11.8. The number of rotatable bonds is 9. The topological polar surface area (TPSA) is 63.2 Å². The fourth-order valence-corrected chi connectivity index (χ4v) is 1.49. The van der Waals surface area contributed by atoms with Gasteiger partial charge in [-0.05, 0) is 24.3 Å². The molecular weight excluding hydrogens is 288 g/mol. The predicted molar refractivity (Wildman–Crippen MR) is 76.8 cm³/mol. The van der Waals surface area contributed by atoms with Gasteiger partial charge in [-0.1, -0.05) is 36.4 Å². The number of carbonyl (C=O) groups excluding carboxylic acids is 1. The maximum Gasteiger partial charge on any atom is 0.373 e. The van der Waals surface area contributed by atoms with Gasteiger partial charge >= 0.3 is 5.97 Å². The van der Waals surface area contributed by atoms with Gasteiger partial charge in [0.1, 0.15) is 5.75 Å². The standard InChI is InChI=1S/C16H16O6/c17-16(14-7-3-1-4-8-14)22-21-13-19-11-18-12-20-15-9-5-2-6-10-15/h1-10H,11-13H2. The molecule has 22 heavy (non-hydrogen) atoms. The number of para-hydroxylation sites is 1. The van der Waals surface area contributed by atoms with Gasteiger partial charge in [-0.15, -0.1) is 0 Å². The third-order valence-electron chi connectivity index (χ3n) is 2.49. The first-order valence-electron chi connectivity index (χ1n) is 6.58. The normalized spacial score (nSPS) is 10.2. The zero-order valence-corrected chi connectivity index (χ0v) is 11.8. The Morgan fingerprint density at radius 1 is 0.773 bits per heavy atom. The number of hydrogen-bond donors (Lipinski definition) is 0. The molecule has 0 saturated carbocycles. The lowest BCUT2D eigenvalue weighted by atomic mass is 10.2. The molecule has 0 spiro atoms. The monoisotopic (exact) mass is 304 g/mol. The quantitative estimate of drug-likeness (QED) is 0.307. The largest absolute Gasteiger partial charge is 0.467 e. The molecule has 0 fully saturated rings. The zero-order chi connectivity index (χ0) is 15.5. The Morgan fingerprint density at radius 2 is 1.41 bits per heavy atom. The van der Waals surface area contributed by atoms with E-state index in [9.17, 15) is 4.79 Å². The highest BCUT2D eigenvalue weighted by molar-refractivity contribution is 5.88. The van der Waals surface area contributed by atoms with Crippen LogP contribution in [0.2, 0.25) is 0 Å². The summed E-state index contributed by atoms with van der Waals surface area (Å²) in [7, 11) is 0.